The standard InChI is InChI=1S/C25H29NO3/c1-3-8-19-13-15-21(16-14-19)28-18-17-26-25(27)23(4-2)29-24-12-7-10-20-9-5-6-11-22(20)24/h5-7,9-16,23H,3-4,8,17-18H2,1-2H3,(H,26,27)/t23-/m1/s1. The molecule has 0 bridgehead atoms. The molecule has 4 nitrogen and oxygen atoms in total. The van der Waals surface area contributed by atoms with Gasteiger partial charge in [-0.3, -0.25) is 4.79 Å². The fraction of sp³-hybridized carbons (Fsp3) is 0.320. The van der Waals surface area contributed by atoms with E-state index in [1.165, 1.54) is 5.56 Å². The van der Waals surface area contributed by atoms with Crippen molar-refractivity contribution in [3.05, 3.63) is 72.3 Å². The summed E-state index contributed by atoms with van der Waals surface area (Å²) >= 11 is 0. The number of amides is 1. The highest BCUT2D eigenvalue weighted by molar-refractivity contribution is 5.89. The van der Waals surface area contributed by atoms with Crippen molar-refractivity contribution >= 4 is 16.7 Å². The lowest BCUT2D eigenvalue weighted by molar-refractivity contribution is -0.128. The molecule has 0 aliphatic rings. The van der Waals surface area contributed by atoms with Crippen LogP contribution in [0.3, 0.4) is 0 Å². The zero-order valence-corrected chi connectivity index (χ0v) is 17.2. The Morgan fingerprint density at radius 1 is 0.966 bits per heavy atom. The third-order valence-electron chi connectivity index (χ3n) is 4.81. The first-order chi connectivity index (χ1) is 14.2. The monoisotopic (exact) mass is 391 g/mol. The first-order valence-electron chi connectivity index (χ1n) is 10.3. The van der Waals surface area contributed by atoms with E-state index in [1.807, 2.05) is 61.5 Å². The maximum absolute atomic E-state index is 12.6. The van der Waals surface area contributed by atoms with Crippen molar-refractivity contribution in [1.29, 1.82) is 0 Å². The zero-order chi connectivity index (χ0) is 20.5. The van der Waals surface area contributed by atoms with E-state index < -0.39 is 6.10 Å². The number of hydrogen-bond acceptors (Lipinski definition) is 3. The Hall–Kier alpha value is -3.01. The molecular formula is C25H29NO3. The molecule has 0 aliphatic heterocycles. The van der Waals surface area contributed by atoms with Gasteiger partial charge >= 0.3 is 0 Å². The summed E-state index contributed by atoms with van der Waals surface area (Å²) in [6, 6.07) is 22.0. The Morgan fingerprint density at radius 3 is 2.48 bits per heavy atom. The SMILES string of the molecule is CCCc1ccc(OCCNC(=O)[C@@H](CC)Oc2cccc3ccccc23)cc1. The van der Waals surface area contributed by atoms with Crippen LogP contribution in [-0.2, 0) is 11.2 Å². The Balaban J connectivity index is 1.49. The van der Waals surface area contributed by atoms with E-state index in [0.717, 1.165) is 35.1 Å². The largest absolute Gasteiger partial charge is 0.492 e. The predicted molar refractivity (Wildman–Crippen MR) is 118 cm³/mol. The van der Waals surface area contributed by atoms with Crippen molar-refractivity contribution in [2.45, 2.75) is 39.2 Å². The van der Waals surface area contributed by atoms with Crippen LogP contribution in [0.5, 0.6) is 11.5 Å². The third kappa shape index (κ3) is 5.74. The quantitative estimate of drug-likeness (QED) is 0.487. The summed E-state index contributed by atoms with van der Waals surface area (Å²) < 4.78 is 11.8. The molecular weight excluding hydrogens is 362 g/mol. The number of carbonyl (C=O) groups excluding carboxylic acids is 1. The number of aryl methyl sites for hydroxylation is 1. The third-order valence-corrected chi connectivity index (χ3v) is 4.81. The van der Waals surface area contributed by atoms with Crippen molar-refractivity contribution in [2.24, 2.45) is 0 Å². The second-order valence-electron chi connectivity index (χ2n) is 7.03. The molecule has 29 heavy (non-hydrogen) atoms. The highest BCUT2D eigenvalue weighted by atomic mass is 16.5. The maximum Gasteiger partial charge on any atom is 0.261 e. The number of hydrogen-bond donors (Lipinski definition) is 1. The summed E-state index contributed by atoms with van der Waals surface area (Å²) in [7, 11) is 0. The highest BCUT2D eigenvalue weighted by Gasteiger charge is 2.18. The zero-order valence-electron chi connectivity index (χ0n) is 17.2. The molecule has 1 atom stereocenters. The summed E-state index contributed by atoms with van der Waals surface area (Å²) in [6.07, 6.45) is 2.26. The lowest BCUT2D eigenvalue weighted by atomic mass is 10.1. The number of carbonyl (C=O) groups is 1. The lowest BCUT2D eigenvalue weighted by Crippen LogP contribution is -2.39. The minimum atomic E-state index is -0.533. The van der Waals surface area contributed by atoms with E-state index in [2.05, 4.69) is 24.4 Å². The molecule has 1 amide bonds. The molecule has 152 valence electrons. The summed E-state index contributed by atoms with van der Waals surface area (Å²) in [5.74, 6) is 1.42. The average molecular weight is 392 g/mol. The number of fused-ring (bicyclic) bond motifs is 1. The van der Waals surface area contributed by atoms with E-state index >= 15 is 0 Å². The Bertz CT molecular complexity index is 916. The van der Waals surface area contributed by atoms with E-state index in [9.17, 15) is 4.79 Å². The van der Waals surface area contributed by atoms with Crippen LogP contribution in [-0.4, -0.2) is 25.2 Å². The van der Waals surface area contributed by atoms with Gasteiger partial charge in [0.05, 0.1) is 6.54 Å². The van der Waals surface area contributed by atoms with Gasteiger partial charge in [0.25, 0.3) is 5.91 Å². The molecule has 0 saturated heterocycles. The molecule has 0 aliphatic carbocycles. The van der Waals surface area contributed by atoms with Gasteiger partial charge in [-0.1, -0.05) is 68.8 Å². The number of rotatable bonds is 10. The Kier molecular flexibility index (Phi) is 7.51. The van der Waals surface area contributed by atoms with Crippen LogP contribution in [0.25, 0.3) is 10.8 Å². The van der Waals surface area contributed by atoms with Crippen molar-refractivity contribution in [2.75, 3.05) is 13.2 Å². The molecule has 1 N–H and O–H groups in total. The van der Waals surface area contributed by atoms with Crippen molar-refractivity contribution in [3.63, 3.8) is 0 Å². The van der Waals surface area contributed by atoms with Crippen LogP contribution < -0.4 is 14.8 Å². The van der Waals surface area contributed by atoms with Gasteiger partial charge in [0.15, 0.2) is 6.10 Å². The molecule has 4 heteroatoms. The topological polar surface area (TPSA) is 47.6 Å². The first-order valence-corrected chi connectivity index (χ1v) is 10.3. The van der Waals surface area contributed by atoms with E-state index in [-0.39, 0.29) is 5.91 Å². The normalized spacial score (nSPS) is 11.8. The van der Waals surface area contributed by atoms with E-state index in [1.54, 1.807) is 0 Å². The van der Waals surface area contributed by atoms with Crippen LogP contribution in [0.2, 0.25) is 0 Å². The van der Waals surface area contributed by atoms with Crippen LogP contribution in [0.1, 0.15) is 32.3 Å². The summed E-state index contributed by atoms with van der Waals surface area (Å²) in [4.78, 5) is 12.6. The van der Waals surface area contributed by atoms with E-state index in [0.29, 0.717) is 19.6 Å². The van der Waals surface area contributed by atoms with Crippen molar-refractivity contribution in [1.82, 2.24) is 5.32 Å². The average Bonchev–Trinajstić information content (AvgIpc) is 2.76. The molecule has 0 aromatic heterocycles. The van der Waals surface area contributed by atoms with Gasteiger partial charge in [-0.15, -0.1) is 0 Å². The fourth-order valence-corrected chi connectivity index (χ4v) is 3.27. The van der Waals surface area contributed by atoms with Gasteiger partial charge in [0.2, 0.25) is 0 Å². The van der Waals surface area contributed by atoms with Gasteiger partial charge in [0.1, 0.15) is 18.1 Å². The lowest BCUT2D eigenvalue weighted by Gasteiger charge is -2.18. The molecule has 3 aromatic rings. The number of benzene rings is 3. The minimum absolute atomic E-state index is 0.123. The smallest absolute Gasteiger partial charge is 0.261 e. The van der Waals surface area contributed by atoms with Gasteiger partial charge in [-0.05, 0) is 42.0 Å². The molecule has 0 saturated carbocycles. The van der Waals surface area contributed by atoms with Crippen LogP contribution in [0.15, 0.2) is 66.7 Å². The summed E-state index contributed by atoms with van der Waals surface area (Å²) in [6.45, 7) is 4.97. The number of nitrogens with one attached hydrogen (secondary N) is 1. The van der Waals surface area contributed by atoms with Gasteiger partial charge < -0.3 is 14.8 Å². The Morgan fingerprint density at radius 2 is 1.72 bits per heavy atom. The molecule has 0 spiro atoms. The second kappa shape index (κ2) is 10.5. The second-order valence-corrected chi connectivity index (χ2v) is 7.03. The minimum Gasteiger partial charge on any atom is -0.492 e. The summed E-state index contributed by atoms with van der Waals surface area (Å²) in [5.41, 5.74) is 1.31. The molecule has 3 aromatic carbocycles. The summed E-state index contributed by atoms with van der Waals surface area (Å²) in [5, 5.41) is 5.02. The Labute approximate surface area is 172 Å². The molecule has 3 rings (SSSR count). The van der Waals surface area contributed by atoms with Gasteiger partial charge in [-0.25, -0.2) is 0 Å². The first kappa shape index (κ1) is 20.7. The number of ether oxygens (including phenoxy) is 2. The highest BCUT2D eigenvalue weighted by Crippen LogP contribution is 2.26. The van der Waals surface area contributed by atoms with Crippen molar-refractivity contribution in [3.8, 4) is 11.5 Å². The van der Waals surface area contributed by atoms with Gasteiger partial charge in [-0.2, -0.15) is 0 Å². The van der Waals surface area contributed by atoms with Crippen molar-refractivity contribution < 1.29 is 14.3 Å². The molecule has 0 heterocycles. The van der Waals surface area contributed by atoms with Crippen LogP contribution in [0, 0.1) is 0 Å². The predicted octanol–water partition coefficient (Wildman–Crippen LogP) is 5.14. The van der Waals surface area contributed by atoms with Crippen LogP contribution >= 0.6 is 0 Å². The molecule has 0 radical (unpaired) electrons. The molecule has 0 unspecified atom stereocenters. The maximum atomic E-state index is 12.6. The molecule has 0 fully saturated rings. The van der Waals surface area contributed by atoms with Gasteiger partial charge in [0, 0.05) is 5.39 Å². The van der Waals surface area contributed by atoms with E-state index in [4.69, 9.17) is 9.47 Å². The van der Waals surface area contributed by atoms with Crippen LogP contribution in [0.4, 0.5) is 0 Å². The fourth-order valence-electron chi connectivity index (χ4n) is 3.27.